The van der Waals surface area contributed by atoms with Gasteiger partial charge in [-0.3, -0.25) is 9.59 Å². The largest absolute Gasteiger partial charge is 0.327 e. The lowest BCUT2D eigenvalue weighted by molar-refractivity contribution is -0.118. The highest BCUT2D eigenvalue weighted by Crippen LogP contribution is 2.29. The zero-order valence-corrected chi connectivity index (χ0v) is 16.1. The molecule has 0 aromatic heterocycles. The Hall–Kier alpha value is -2.66. The molecule has 5 nitrogen and oxygen atoms in total. The van der Waals surface area contributed by atoms with Crippen molar-refractivity contribution in [1.82, 2.24) is 0 Å². The number of para-hydroxylation sites is 1. The van der Waals surface area contributed by atoms with Gasteiger partial charge in [0.2, 0.25) is 11.8 Å². The molecule has 2 amide bonds. The molecule has 146 valence electrons. The van der Waals surface area contributed by atoms with E-state index in [1.165, 1.54) is 5.56 Å². The van der Waals surface area contributed by atoms with Gasteiger partial charge in [0, 0.05) is 30.4 Å². The summed E-state index contributed by atoms with van der Waals surface area (Å²) >= 11 is 0. The fourth-order valence-electron chi connectivity index (χ4n) is 4.34. The van der Waals surface area contributed by atoms with Gasteiger partial charge in [0.05, 0.1) is 6.42 Å². The van der Waals surface area contributed by atoms with Gasteiger partial charge in [-0.05, 0) is 54.5 Å². The summed E-state index contributed by atoms with van der Waals surface area (Å²) in [6, 6.07) is 15.8. The van der Waals surface area contributed by atoms with Crippen LogP contribution in [0.4, 0.5) is 11.4 Å². The van der Waals surface area contributed by atoms with Gasteiger partial charge >= 0.3 is 0 Å². The molecule has 0 unspecified atom stereocenters. The Morgan fingerprint density at radius 1 is 1.07 bits per heavy atom. The zero-order chi connectivity index (χ0) is 19.5. The predicted octanol–water partition coefficient (Wildman–Crippen LogP) is 3.27. The van der Waals surface area contributed by atoms with Gasteiger partial charge in [-0.1, -0.05) is 36.8 Å². The summed E-state index contributed by atoms with van der Waals surface area (Å²) in [5, 5.41) is 2.95. The molecular weight excluding hydrogens is 350 g/mol. The average Bonchev–Trinajstić information content (AvgIpc) is 3.30. The van der Waals surface area contributed by atoms with Crippen LogP contribution in [0.3, 0.4) is 0 Å². The first-order chi connectivity index (χ1) is 13.6. The average molecular weight is 377 g/mol. The molecule has 2 aromatic rings. The van der Waals surface area contributed by atoms with Crippen molar-refractivity contribution >= 4 is 23.2 Å². The molecule has 1 fully saturated rings. The molecule has 4 rings (SSSR count). The van der Waals surface area contributed by atoms with Crippen LogP contribution in [0.25, 0.3) is 0 Å². The number of amides is 2. The van der Waals surface area contributed by atoms with Crippen LogP contribution in [0.2, 0.25) is 0 Å². The Morgan fingerprint density at radius 3 is 2.61 bits per heavy atom. The summed E-state index contributed by atoms with van der Waals surface area (Å²) in [5.74, 6) is 0.414. The van der Waals surface area contributed by atoms with E-state index in [9.17, 15) is 9.59 Å². The molecule has 0 saturated heterocycles. The van der Waals surface area contributed by atoms with E-state index in [4.69, 9.17) is 5.73 Å². The van der Waals surface area contributed by atoms with Crippen LogP contribution in [-0.4, -0.2) is 24.4 Å². The van der Waals surface area contributed by atoms with Gasteiger partial charge in [-0.2, -0.15) is 0 Å². The Morgan fingerprint density at radius 2 is 1.86 bits per heavy atom. The number of hydrogen-bond donors (Lipinski definition) is 2. The monoisotopic (exact) mass is 377 g/mol. The number of anilines is 2. The molecule has 1 heterocycles. The second kappa shape index (κ2) is 8.15. The van der Waals surface area contributed by atoms with Gasteiger partial charge < -0.3 is 16.0 Å². The molecule has 28 heavy (non-hydrogen) atoms. The van der Waals surface area contributed by atoms with Crippen molar-refractivity contribution in [2.75, 3.05) is 16.8 Å². The molecule has 0 radical (unpaired) electrons. The highest BCUT2D eigenvalue weighted by Gasteiger charge is 2.26. The number of hydrogen-bond acceptors (Lipinski definition) is 3. The number of fused-ring (bicyclic) bond motifs is 1. The molecule has 0 bridgehead atoms. The third-order valence-electron chi connectivity index (χ3n) is 5.95. The second-order valence-electron chi connectivity index (χ2n) is 7.90. The van der Waals surface area contributed by atoms with E-state index in [1.54, 1.807) is 0 Å². The molecule has 2 aromatic carbocycles. The number of nitrogens with zero attached hydrogens (tertiary/aromatic N) is 1. The van der Waals surface area contributed by atoms with Gasteiger partial charge in [-0.15, -0.1) is 0 Å². The fraction of sp³-hybridized carbons (Fsp3) is 0.391. The van der Waals surface area contributed by atoms with E-state index in [-0.39, 0.29) is 17.9 Å². The first-order valence-electron chi connectivity index (χ1n) is 10.1. The maximum Gasteiger partial charge on any atom is 0.231 e. The van der Waals surface area contributed by atoms with E-state index in [0.29, 0.717) is 18.8 Å². The molecule has 3 N–H and O–H groups in total. The summed E-state index contributed by atoms with van der Waals surface area (Å²) in [4.78, 5) is 26.8. The molecular formula is C23H27N3O2. The highest BCUT2D eigenvalue weighted by molar-refractivity contribution is 5.97. The van der Waals surface area contributed by atoms with Crippen LogP contribution >= 0.6 is 0 Å². The summed E-state index contributed by atoms with van der Waals surface area (Å²) in [7, 11) is 0. The molecule has 1 aliphatic carbocycles. The van der Waals surface area contributed by atoms with Crippen molar-refractivity contribution in [3.63, 3.8) is 0 Å². The van der Waals surface area contributed by atoms with Crippen LogP contribution in [0.15, 0.2) is 48.5 Å². The number of nitrogens with one attached hydrogen (secondary N) is 1. The molecule has 2 aliphatic rings. The van der Waals surface area contributed by atoms with E-state index < -0.39 is 0 Å². The summed E-state index contributed by atoms with van der Waals surface area (Å²) in [6.45, 7) is 0.746. The maximum atomic E-state index is 12.7. The first-order valence-corrected chi connectivity index (χ1v) is 10.1. The van der Waals surface area contributed by atoms with Crippen molar-refractivity contribution in [3.8, 4) is 0 Å². The van der Waals surface area contributed by atoms with Crippen LogP contribution in [0.1, 0.15) is 36.8 Å². The Kier molecular flexibility index (Phi) is 5.44. The van der Waals surface area contributed by atoms with Crippen LogP contribution in [0.5, 0.6) is 0 Å². The minimum atomic E-state index is 0.0138. The minimum absolute atomic E-state index is 0.0138. The van der Waals surface area contributed by atoms with Crippen molar-refractivity contribution in [1.29, 1.82) is 0 Å². The smallest absolute Gasteiger partial charge is 0.231 e. The fourth-order valence-corrected chi connectivity index (χ4v) is 4.34. The SMILES string of the molecule is N[C@@H]1CCC[C@H]1CC(=O)Nc1ccc(CC(=O)N2CCc3ccccc32)cc1. The predicted molar refractivity (Wildman–Crippen MR) is 111 cm³/mol. The molecule has 2 atom stereocenters. The van der Waals surface area contributed by atoms with Gasteiger partial charge in [0.1, 0.15) is 0 Å². The molecule has 5 heteroatoms. The number of carbonyl (C=O) groups excluding carboxylic acids is 2. The Bertz CT molecular complexity index is 862. The minimum Gasteiger partial charge on any atom is -0.327 e. The van der Waals surface area contributed by atoms with E-state index in [0.717, 1.165) is 49.2 Å². The van der Waals surface area contributed by atoms with Crippen LogP contribution in [0, 0.1) is 5.92 Å². The summed E-state index contributed by atoms with van der Waals surface area (Å²) < 4.78 is 0. The quantitative estimate of drug-likeness (QED) is 0.840. The molecule has 0 spiro atoms. The second-order valence-corrected chi connectivity index (χ2v) is 7.90. The first kappa shape index (κ1) is 18.7. The van der Waals surface area contributed by atoms with Gasteiger partial charge in [0.15, 0.2) is 0 Å². The van der Waals surface area contributed by atoms with Crippen molar-refractivity contribution in [2.45, 2.75) is 44.6 Å². The van der Waals surface area contributed by atoms with Crippen molar-refractivity contribution in [3.05, 3.63) is 59.7 Å². The Labute approximate surface area is 165 Å². The van der Waals surface area contributed by atoms with Crippen molar-refractivity contribution in [2.24, 2.45) is 11.7 Å². The molecule has 1 aliphatic heterocycles. The van der Waals surface area contributed by atoms with Gasteiger partial charge in [0.25, 0.3) is 0 Å². The lowest BCUT2D eigenvalue weighted by Gasteiger charge is -2.17. The topological polar surface area (TPSA) is 75.4 Å². The zero-order valence-electron chi connectivity index (χ0n) is 16.1. The lowest BCUT2D eigenvalue weighted by atomic mass is 10.00. The number of rotatable bonds is 5. The third kappa shape index (κ3) is 4.09. The van der Waals surface area contributed by atoms with Crippen LogP contribution < -0.4 is 16.0 Å². The third-order valence-corrected chi connectivity index (χ3v) is 5.95. The van der Waals surface area contributed by atoms with E-state index in [1.807, 2.05) is 47.4 Å². The van der Waals surface area contributed by atoms with Crippen LogP contribution in [-0.2, 0) is 22.4 Å². The number of nitrogens with two attached hydrogens (primary N) is 1. The summed E-state index contributed by atoms with van der Waals surface area (Å²) in [5.41, 5.74) is 10.0. The molecule has 1 saturated carbocycles. The van der Waals surface area contributed by atoms with Crippen molar-refractivity contribution < 1.29 is 9.59 Å². The highest BCUT2D eigenvalue weighted by atomic mass is 16.2. The normalized spacial score (nSPS) is 20.8. The summed E-state index contributed by atoms with van der Waals surface area (Å²) in [6.07, 6.45) is 4.92. The Balaban J connectivity index is 1.32. The van der Waals surface area contributed by atoms with E-state index >= 15 is 0 Å². The number of carbonyl (C=O) groups is 2. The maximum absolute atomic E-state index is 12.7. The standard InChI is InChI=1S/C23H27N3O2/c24-20-6-3-5-18(20)15-22(27)25-19-10-8-16(9-11-19)14-23(28)26-13-12-17-4-1-2-7-21(17)26/h1-2,4,7-11,18,20H,3,5-6,12-15,24H2,(H,25,27)/t18-,20+/m0/s1. The number of benzene rings is 2. The lowest BCUT2D eigenvalue weighted by Crippen LogP contribution is -2.30. The van der Waals surface area contributed by atoms with E-state index in [2.05, 4.69) is 11.4 Å². The van der Waals surface area contributed by atoms with Gasteiger partial charge in [-0.25, -0.2) is 0 Å².